The molecule has 96 valence electrons. The van der Waals surface area contributed by atoms with E-state index < -0.39 is 0 Å². The molecule has 0 saturated heterocycles. The quantitative estimate of drug-likeness (QED) is 0.899. The van der Waals surface area contributed by atoms with Crippen LogP contribution in [-0.4, -0.2) is 21.0 Å². The largest absolute Gasteiger partial charge is 0.392 e. The summed E-state index contributed by atoms with van der Waals surface area (Å²) in [6, 6.07) is 0. The molecule has 2 rings (SSSR count). The van der Waals surface area contributed by atoms with Gasteiger partial charge in [-0.25, -0.2) is 0 Å². The van der Waals surface area contributed by atoms with Gasteiger partial charge in [-0.15, -0.1) is 0 Å². The van der Waals surface area contributed by atoms with Crippen LogP contribution in [0.15, 0.2) is 0 Å². The van der Waals surface area contributed by atoms with Gasteiger partial charge in [-0.2, -0.15) is 5.10 Å². The molecule has 17 heavy (non-hydrogen) atoms. The minimum atomic E-state index is -0.303. The molecule has 0 aromatic carbocycles. The maximum Gasteiger partial charge on any atom is 0.0850 e. The van der Waals surface area contributed by atoms with E-state index in [9.17, 15) is 5.11 Å². The molecule has 2 unspecified atom stereocenters. The minimum Gasteiger partial charge on any atom is -0.392 e. The molecule has 3 nitrogen and oxygen atoms in total. The third-order valence-corrected chi connectivity index (χ3v) is 4.40. The van der Waals surface area contributed by atoms with Gasteiger partial charge >= 0.3 is 0 Å². The Morgan fingerprint density at radius 3 is 2.59 bits per heavy atom. The average molecular weight is 257 g/mol. The molecule has 0 amide bonds. The minimum absolute atomic E-state index is 0.290. The smallest absolute Gasteiger partial charge is 0.0850 e. The third kappa shape index (κ3) is 2.36. The van der Waals surface area contributed by atoms with Crippen molar-refractivity contribution in [2.45, 2.75) is 46.1 Å². The van der Waals surface area contributed by atoms with E-state index in [1.54, 1.807) is 4.68 Å². The zero-order valence-corrected chi connectivity index (χ0v) is 11.8. The van der Waals surface area contributed by atoms with E-state index in [0.29, 0.717) is 12.3 Å². The van der Waals surface area contributed by atoms with E-state index in [4.69, 9.17) is 11.6 Å². The van der Waals surface area contributed by atoms with Gasteiger partial charge in [0.15, 0.2) is 0 Å². The van der Waals surface area contributed by atoms with Crippen LogP contribution in [0.3, 0.4) is 0 Å². The van der Waals surface area contributed by atoms with E-state index in [0.717, 1.165) is 29.3 Å². The summed E-state index contributed by atoms with van der Waals surface area (Å²) in [5, 5.41) is 15.3. The molecular formula is C13H21ClN2O. The topological polar surface area (TPSA) is 38.0 Å². The van der Waals surface area contributed by atoms with Gasteiger partial charge < -0.3 is 5.11 Å². The average Bonchev–Trinajstić information content (AvgIpc) is 2.81. The fourth-order valence-corrected chi connectivity index (χ4v) is 2.92. The lowest BCUT2D eigenvalue weighted by Crippen LogP contribution is -2.18. The molecule has 0 radical (unpaired) electrons. The zero-order valence-electron chi connectivity index (χ0n) is 11.0. The van der Waals surface area contributed by atoms with Crippen LogP contribution >= 0.6 is 11.6 Å². The monoisotopic (exact) mass is 256 g/mol. The Labute approximate surface area is 108 Å². The summed E-state index contributed by atoms with van der Waals surface area (Å²) >= 11 is 6.28. The first-order valence-electron chi connectivity index (χ1n) is 6.25. The third-order valence-electron chi connectivity index (χ3n) is 3.96. The number of hydrogen-bond donors (Lipinski definition) is 1. The van der Waals surface area contributed by atoms with Crippen LogP contribution in [-0.2, 0) is 19.9 Å². The van der Waals surface area contributed by atoms with Crippen molar-refractivity contribution in [1.29, 1.82) is 0 Å². The van der Waals surface area contributed by atoms with Crippen molar-refractivity contribution in [3.63, 3.8) is 0 Å². The van der Waals surface area contributed by atoms with Gasteiger partial charge in [-0.1, -0.05) is 32.4 Å². The molecule has 1 aromatic heterocycles. The Balaban J connectivity index is 2.11. The zero-order chi connectivity index (χ0) is 12.8. The molecule has 1 saturated carbocycles. The van der Waals surface area contributed by atoms with E-state index >= 15 is 0 Å². The maximum absolute atomic E-state index is 10.2. The van der Waals surface area contributed by atoms with Gasteiger partial charge in [0.25, 0.3) is 0 Å². The van der Waals surface area contributed by atoms with Crippen LogP contribution in [0.2, 0.25) is 5.02 Å². The molecule has 1 aliphatic carbocycles. The lowest BCUT2D eigenvalue weighted by molar-refractivity contribution is 0.134. The van der Waals surface area contributed by atoms with E-state index in [1.807, 2.05) is 14.0 Å². The van der Waals surface area contributed by atoms with Crippen molar-refractivity contribution in [3.8, 4) is 0 Å². The van der Waals surface area contributed by atoms with E-state index in [1.165, 1.54) is 0 Å². The van der Waals surface area contributed by atoms with Gasteiger partial charge in [0.2, 0.25) is 0 Å². The predicted molar refractivity (Wildman–Crippen MR) is 69.2 cm³/mol. The SMILES string of the molecule is CCc1nn(C)c(CC(O)C2CC2(C)C)c1Cl. The Morgan fingerprint density at radius 1 is 1.59 bits per heavy atom. The second kappa shape index (κ2) is 4.29. The molecule has 1 aromatic rings. The predicted octanol–water partition coefficient (Wildman–Crippen LogP) is 2.59. The normalized spacial score (nSPS) is 23.8. The van der Waals surface area contributed by atoms with Crippen LogP contribution in [0, 0.1) is 11.3 Å². The van der Waals surface area contributed by atoms with Crippen LogP contribution in [0.4, 0.5) is 0 Å². The fourth-order valence-electron chi connectivity index (χ4n) is 2.55. The number of nitrogens with zero attached hydrogens (tertiary/aromatic N) is 2. The standard InChI is InChI=1S/C13H21ClN2O/c1-5-9-12(14)10(16(4)15-9)6-11(17)8-7-13(8,2)3/h8,11,17H,5-7H2,1-4H3. The summed E-state index contributed by atoms with van der Waals surface area (Å²) in [7, 11) is 1.89. The highest BCUT2D eigenvalue weighted by Gasteiger charge is 2.49. The molecule has 0 spiro atoms. The van der Waals surface area contributed by atoms with Crippen molar-refractivity contribution < 1.29 is 5.11 Å². The lowest BCUT2D eigenvalue weighted by atomic mass is 10.0. The van der Waals surface area contributed by atoms with Crippen molar-refractivity contribution in [2.75, 3.05) is 0 Å². The molecule has 0 bridgehead atoms. The molecule has 0 aliphatic heterocycles. The Kier molecular flexibility index (Phi) is 3.25. The highest BCUT2D eigenvalue weighted by atomic mass is 35.5. The fraction of sp³-hybridized carbons (Fsp3) is 0.769. The van der Waals surface area contributed by atoms with Crippen LogP contribution in [0.25, 0.3) is 0 Å². The van der Waals surface area contributed by atoms with Crippen molar-refractivity contribution in [1.82, 2.24) is 9.78 Å². The lowest BCUT2D eigenvalue weighted by Gasteiger charge is -2.12. The Hall–Kier alpha value is -0.540. The van der Waals surface area contributed by atoms with E-state index in [2.05, 4.69) is 18.9 Å². The van der Waals surface area contributed by atoms with Crippen LogP contribution in [0.1, 0.15) is 38.6 Å². The second-order valence-electron chi connectivity index (χ2n) is 5.76. The van der Waals surface area contributed by atoms with Gasteiger partial charge in [0.05, 0.1) is 22.5 Å². The first-order valence-corrected chi connectivity index (χ1v) is 6.63. The maximum atomic E-state index is 10.2. The molecule has 1 N–H and O–H groups in total. The summed E-state index contributed by atoms with van der Waals surface area (Å²) in [5.41, 5.74) is 2.17. The van der Waals surface area contributed by atoms with Crippen LogP contribution < -0.4 is 0 Å². The molecule has 4 heteroatoms. The molecule has 1 fully saturated rings. The Bertz CT molecular complexity index is 425. The highest BCUT2D eigenvalue weighted by Crippen LogP contribution is 2.54. The number of aryl methyl sites for hydroxylation is 2. The van der Waals surface area contributed by atoms with Crippen molar-refractivity contribution in [2.24, 2.45) is 18.4 Å². The van der Waals surface area contributed by atoms with Crippen molar-refractivity contribution in [3.05, 3.63) is 16.4 Å². The number of rotatable bonds is 4. The molecule has 1 aliphatic rings. The molecule has 2 atom stereocenters. The van der Waals surface area contributed by atoms with E-state index in [-0.39, 0.29) is 11.5 Å². The van der Waals surface area contributed by atoms with Gasteiger partial charge in [0, 0.05) is 13.5 Å². The van der Waals surface area contributed by atoms with Gasteiger partial charge in [-0.05, 0) is 24.2 Å². The number of aliphatic hydroxyl groups excluding tert-OH is 1. The van der Waals surface area contributed by atoms with Crippen LogP contribution in [0.5, 0.6) is 0 Å². The summed E-state index contributed by atoms with van der Waals surface area (Å²) in [6.45, 7) is 6.44. The summed E-state index contributed by atoms with van der Waals surface area (Å²) in [4.78, 5) is 0. The second-order valence-corrected chi connectivity index (χ2v) is 6.13. The summed E-state index contributed by atoms with van der Waals surface area (Å²) < 4.78 is 1.81. The highest BCUT2D eigenvalue weighted by molar-refractivity contribution is 6.31. The first kappa shape index (κ1) is 12.9. The first-order chi connectivity index (χ1) is 7.86. The van der Waals surface area contributed by atoms with Gasteiger partial charge in [0.1, 0.15) is 0 Å². The Morgan fingerprint density at radius 2 is 2.18 bits per heavy atom. The number of aliphatic hydroxyl groups is 1. The summed E-state index contributed by atoms with van der Waals surface area (Å²) in [5.74, 6) is 0.401. The van der Waals surface area contributed by atoms with Gasteiger partial charge in [-0.3, -0.25) is 4.68 Å². The molecule has 1 heterocycles. The number of halogens is 1. The number of aromatic nitrogens is 2. The molecular weight excluding hydrogens is 236 g/mol. The number of hydrogen-bond acceptors (Lipinski definition) is 2. The summed E-state index contributed by atoms with van der Waals surface area (Å²) in [6.07, 6.45) is 2.24. The van der Waals surface area contributed by atoms with Crippen molar-refractivity contribution >= 4 is 11.6 Å².